The van der Waals surface area contributed by atoms with Gasteiger partial charge in [0.2, 0.25) is 0 Å². The maximum atomic E-state index is 6.79. The van der Waals surface area contributed by atoms with E-state index in [0.29, 0.717) is 11.5 Å². The molecule has 1 nitrogen and oxygen atoms in total. The van der Waals surface area contributed by atoms with Crippen LogP contribution in [0.25, 0.3) is 0 Å². The van der Waals surface area contributed by atoms with E-state index in [0.717, 1.165) is 37.0 Å². The molecular formula is C28H47IOSi. The fourth-order valence-electron chi connectivity index (χ4n) is 6.40. The van der Waals surface area contributed by atoms with Crippen molar-refractivity contribution in [2.24, 2.45) is 23.2 Å². The van der Waals surface area contributed by atoms with E-state index < -0.39 is 8.32 Å². The molecule has 0 aromatic rings. The van der Waals surface area contributed by atoms with Gasteiger partial charge in [0.15, 0.2) is 8.32 Å². The number of alkyl halides is 1. The average Bonchev–Trinajstić information content (AvgIpc) is 3.04. The average molecular weight is 555 g/mol. The van der Waals surface area contributed by atoms with E-state index >= 15 is 0 Å². The predicted molar refractivity (Wildman–Crippen MR) is 147 cm³/mol. The van der Waals surface area contributed by atoms with Crippen LogP contribution in [0.15, 0.2) is 35.5 Å². The first-order valence-electron chi connectivity index (χ1n) is 12.7. The van der Waals surface area contributed by atoms with Crippen LogP contribution < -0.4 is 0 Å². The number of hydrogen-bond acceptors (Lipinski definition) is 1. The minimum atomic E-state index is -1.72. The third kappa shape index (κ3) is 5.45. The lowest BCUT2D eigenvalue weighted by atomic mass is 9.61. The van der Waals surface area contributed by atoms with Gasteiger partial charge in [-0.1, -0.05) is 87.1 Å². The molecule has 3 saturated carbocycles. The second kappa shape index (κ2) is 9.78. The maximum absolute atomic E-state index is 6.79. The van der Waals surface area contributed by atoms with Gasteiger partial charge >= 0.3 is 0 Å². The van der Waals surface area contributed by atoms with Gasteiger partial charge in [0.25, 0.3) is 0 Å². The molecule has 0 saturated heterocycles. The maximum Gasteiger partial charge on any atom is 0.192 e. The molecule has 0 aromatic carbocycles. The lowest BCUT2D eigenvalue weighted by molar-refractivity contribution is 0.106. The Bertz CT molecular complexity index is 728. The minimum Gasteiger partial charge on any atom is -0.414 e. The summed E-state index contributed by atoms with van der Waals surface area (Å²) in [4.78, 5) is 0. The standard InChI is InChI=1S/C28H47IOSi/c1-20-11-14-24(30-31(7,8)27(3,4)5)18-23(20)13-12-22-10-9-17-28(6)25(21(2)19-29)15-16-26(22)28/h12-13,21,24-26H,1,9-11,14-19H2,2-8H3/b22-12?,23-13-. The Labute approximate surface area is 207 Å². The zero-order valence-electron chi connectivity index (χ0n) is 21.3. The van der Waals surface area contributed by atoms with Gasteiger partial charge in [-0.3, -0.25) is 0 Å². The molecule has 3 aliphatic rings. The fraction of sp³-hybridized carbons (Fsp3) is 0.786. The molecule has 0 N–H and O–H groups in total. The van der Waals surface area contributed by atoms with Crippen molar-refractivity contribution < 1.29 is 4.43 Å². The first kappa shape index (κ1) is 25.7. The third-order valence-corrected chi connectivity index (χ3v) is 15.3. The number of halogens is 1. The van der Waals surface area contributed by atoms with Crippen molar-refractivity contribution in [3.63, 3.8) is 0 Å². The van der Waals surface area contributed by atoms with Crippen molar-refractivity contribution in [2.45, 2.75) is 110 Å². The second-order valence-electron chi connectivity index (χ2n) is 12.5. The molecule has 0 heterocycles. The molecule has 3 rings (SSSR count). The molecule has 0 aliphatic heterocycles. The van der Waals surface area contributed by atoms with E-state index in [1.165, 1.54) is 47.7 Å². The topological polar surface area (TPSA) is 9.23 Å². The lowest BCUT2D eigenvalue weighted by Gasteiger charge is -2.44. The van der Waals surface area contributed by atoms with E-state index in [1.54, 1.807) is 5.57 Å². The van der Waals surface area contributed by atoms with E-state index in [1.807, 2.05) is 0 Å². The van der Waals surface area contributed by atoms with Gasteiger partial charge in [0, 0.05) is 10.5 Å². The third-order valence-electron chi connectivity index (χ3n) is 9.40. The Kier molecular flexibility index (Phi) is 8.12. The molecular weight excluding hydrogens is 507 g/mol. The van der Waals surface area contributed by atoms with Crippen LogP contribution in [0.3, 0.4) is 0 Å². The van der Waals surface area contributed by atoms with Crippen LogP contribution in [0, 0.1) is 23.2 Å². The molecule has 0 radical (unpaired) electrons. The van der Waals surface area contributed by atoms with Crippen LogP contribution in [0.2, 0.25) is 18.1 Å². The highest BCUT2D eigenvalue weighted by atomic mass is 127. The summed E-state index contributed by atoms with van der Waals surface area (Å²) >= 11 is 2.60. The summed E-state index contributed by atoms with van der Waals surface area (Å²) in [6.45, 7) is 21.3. The quantitative estimate of drug-likeness (QED) is 0.187. The van der Waals surface area contributed by atoms with Crippen LogP contribution in [0.4, 0.5) is 0 Å². The summed E-state index contributed by atoms with van der Waals surface area (Å²) < 4.78 is 8.08. The van der Waals surface area contributed by atoms with Crippen LogP contribution in [0.1, 0.15) is 86.0 Å². The van der Waals surface area contributed by atoms with Crippen molar-refractivity contribution in [2.75, 3.05) is 4.43 Å². The normalized spacial score (nSPS) is 36.1. The molecule has 0 aromatic heterocycles. The van der Waals surface area contributed by atoms with Crippen molar-refractivity contribution in [1.82, 2.24) is 0 Å². The summed E-state index contributed by atoms with van der Waals surface area (Å²) in [5, 5.41) is 0.272. The highest BCUT2D eigenvalue weighted by molar-refractivity contribution is 14.1. The summed E-state index contributed by atoms with van der Waals surface area (Å²) in [6, 6.07) is 0. The lowest BCUT2D eigenvalue weighted by Crippen LogP contribution is -2.44. The fourth-order valence-corrected chi connectivity index (χ4v) is 8.40. The molecule has 176 valence electrons. The van der Waals surface area contributed by atoms with Gasteiger partial charge in [-0.25, -0.2) is 0 Å². The summed E-state index contributed by atoms with van der Waals surface area (Å²) in [6.07, 6.45) is 15.5. The molecule has 5 atom stereocenters. The SMILES string of the molecule is C=C1CCC(O[Si](C)(C)C(C)(C)C)C/C1=C/C=C1CCCC2(C)C1CCC2C(C)CI. The first-order valence-corrected chi connectivity index (χ1v) is 17.1. The number of allylic oxidation sites excluding steroid dienone is 4. The van der Waals surface area contributed by atoms with Crippen molar-refractivity contribution in [3.8, 4) is 0 Å². The Hall–Kier alpha value is 0.127. The number of fused-ring (bicyclic) bond motifs is 1. The Balaban J connectivity index is 1.75. The molecule has 3 fully saturated rings. The van der Waals surface area contributed by atoms with E-state index in [2.05, 4.69) is 89.0 Å². The van der Waals surface area contributed by atoms with Gasteiger partial charge in [-0.05, 0) is 98.2 Å². The van der Waals surface area contributed by atoms with Gasteiger partial charge in [0.1, 0.15) is 0 Å². The summed E-state index contributed by atoms with van der Waals surface area (Å²) in [5.74, 6) is 2.54. The Morgan fingerprint density at radius 1 is 1.19 bits per heavy atom. The van der Waals surface area contributed by atoms with Crippen molar-refractivity contribution >= 4 is 30.9 Å². The molecule has 0 spiro atoms. The zero-order valence-corrected chi connectivity index (χ0v) is 24.5. The van der Waals surface area contributed by atoms with Gasteiger partial charge < -0.3 is 4.43 Å². The molecule has 3 heteroatoms. The Morgan fingerprint density at radius 3 is 2.55 bits per heavy atom. The van der Waals surface area contributed by atoms with Gasteiger partial charge in [0.05, 0.1) is 0 Å². The van der Waals surface area contributed by atoms with Gasteiger partial charge in [-0.15, -0.1) is 0 Å². The first-order chi connectivity index (χ1) is 14.4. The van der Waals surface area contributed by atoms with E-state index in [-0.39, 0.29) is 5.04 Å². The molecule has 0 amide bonds. The monoisotopic (exact) mass is 554 g/mol. The van der Waals surface area contributed by atoms with Crippen LogP contribution >= 0.6 is 22.6 Å². The molecule has 31 heavy (non-hydrogen) atoms. The molecule has 0 bridgehead atoms. The number of hydrogen-bond donors (Lipinski definition) is 0. The summed E-state index contributed by atoms with van der Waals surface area (Å²) in [5.41, 5.74) is 5.04. The predicted octanol–water partition coefficient (Wildman–Crippen LogP) is 9.26. The second-order valence-corrected chi connectivity index (χ2v) is 18.1. The largest absolute Gasteiger partial charge is 0.414 e. The number of rotatable bonds is 5. The van der Waals surface area contributed by atoms with E-state index in [9.17, 15) is 0 Å². The van der Waals surface area contributed by atoms with E-state index in [4.69, 9.17) is 4.43 Å². The van der Waals surface area contributed by atoms with Crippen molar-refractivity contribution in [3.05, 3.63) is 35.5 Å². The zero-order chi connectivity index (χ0) is 23.0. The van der Waals surface area contributed by atoms with Crippen LogP contribution in [0.5, 0.6) is 0 Å². The van der Waals surface area contributed by atoms with Crippen LogP contribution in [-0.2, 0) is 4.43 Å². The van der Waals surface area contributed by atoms with Crippen molar-refractivity contribution in [1.29, 1.82) is 0 Å². The van der Waals surface area contributed by atoms with Crippen LogP contribution in [-0.4, -0.2) is 18.8 Å². The summed E-state index contributed by atoms with van der Waals surface area (Å²) in [7, 11) is -1.72. The molecule has 5 unspecified atom stereocenters. The highest BCUT2D eigenvalue weighted by Gasteiger charge is 2.50. The smallest absolute Gasteiger partial charge is 0.192 e. The molecule has 3 aliphatic carbocycles. The van der Waals surface area contributed by atoms with Gasteiger partial charge in [-0.2, -0.15) is 0 Å². The highest BCUT2D eigenvalue weighted by Crippen LogP contribution is 2.59. The Morgan fingerprint density at radius 2 is 1.90 bits per heavy atom. The minimum absolute atomic E-state index is 0.272.